The predicted octanol–water partition coefficient (Wildman–Crippen LogP) is 2.25. The van der Waals surface area contributed by atoms with Gasteiger partial charge in [0.2, 0.25) is 0 Å². The van der Waals surface area contributed by atoms with Gasteiger partial charge >= 0.3 is 5.97 Å². The molecule has 3 rings (SSSR count). The second-order valence-corrected chi connectivity index (χ2v) is 6.41. The minimum absolute atomic E-state index is 0.197. The number of aliphatic hydroxyl groups excluding tert-OH is 1. The maximum absolute atomic E-state index is 13.3. The van der Waals surface area contributed by atoms with Crippen LogP contribution < -0.4 is 5.32 Å². The molecule has 0 radical (unpaired) electrons. The Labute approximate surface area is 166 Å². The summed E-state index contributed by atoms with van der Waals surface area (Å²) >= 11 is 0. The number of aromatic nitrogens is 2. The first-order chi connectivity index (χ1) is 13.9. The van der Waals surface area contributed by atoms with Gasteiger partial charge in [-0.1, -0.05) is 23.8 Å². The molecular weight excluding hydrogens is 377 g/mol. The number of methoxy groups -OCH3 is 1. The van der Waals surface area contributed by atoms with Crippen molar-refractivity contribution >= 4 is 11.9 Å². The van der Waals surface area contributed by atoms with E-state index >= 15 is 0 Å². The Morgan fingerprint density at radius 3 is 2.59 bits per heavy atom. The maximum Gasteiger partial charge on any atom is 0.330 e. The quantitative estimate of drug-likeness (QED) is 0.623. The van der Waals surface area contributed by atoms with Gasteiger partial charge in [-0.3, -0.25) is 4.79 Å². The number of aryl methyl sites for hydroxylation is 1. The first-order valence-electron chi connectivity index (χ1n) is 8.85. The van der Waals surface area contributed by atoms with E-state index in [-0.39, 0.29) is 11.4 Å². The molecule has 0 unspecified atom stereocenters. The number of amides is 1. The molecule has 1 aromatic heterocycles. The number of halogens is 1. The van der Waals surface area contributed by atoms with Gasteiger partial charge in [-0.05, 0) is 37.3 Å². The molecule has 0 spiro atoms. The van der Waals surface area contributed by atoms with Crippen molar-refractivity contribution in [2.24, 2.45) is 0 Å². The highest BCUT2D eigenvalue weighted by Crippen LogP contribution is 2.25. The Morgan fingerprint density at radius 2 is 1.97 bits per heavy atom. The van der Waals surface area contributed by atoms with E-state index in [0.717, 1.165) is 5.56 Å². The topological polar surface area (TPSA) is 93.5 Å². The van der Waals surface area contributed by atoms with Crippen molar-refractivity contribution in [1.29, 1.82) is 0 Å². The number of aliphatic hydroxyl groups is 1. The van der Waals surface area contributed by atoms with Gasteiger partial charge in [-0.15, -0.1) is 0 Å². The first kappa shape index (κ1) is 20.2. The van der Waals surface area contributed by atoms with Crippen molar-refractivity contribution in [3.05, 3.63) is 71.7 Å². The van der Waals surface area contributed by atoms with E-state index in [1.807, 2.05) is 31.2 Å². The maximum atomic E-state index is 13.3. The van der Waals surface area contributed by atoms with Crippen LogP contribution in [0.3, 0.4) is 0 Å². The standard InChI is InChI=1S/C21H20FN3O4/c1-13-4-3-5-14(10-13)19-17(20(27)23-18(12-26)21(28)29-2)11-25(24-19)16-8-6-15(22)7-9-16/h3-11,18,26H,12H2,1-2H3,(H,23,27)/t18-/m0/s1. The summed E-state index contributed by atoms with van der Waals surface area (Å²) in [6.45, 7) is 1.31. The number of ether oxygens (including phenoxy) is 1. The highest BCUT2D eigenvalue weighted by molar-refractivity contribution is 6.01. The Kier molecular flexibility index (Phi) is 6.04. The van der Waals surface area contributed by atoms with E-state index in [1.54, 1.807) is 0 Å². The molecule has 150 valence electrons. The average Bonchev–Trinajstić information content (AvgIpc) is 3.17. The fraction of sp³-hybridized carbons (Fsp3) is 0.190. The number of rotatable bonds is 6. The van der Waals surface area contributed by atoms with E-state index in [2.05, 4.69) is 15.2 Å². The normalized spacial score (nSPS) is 11.7. The summed E-state index contributed by atoms with van der Waals surface area (Å²) in [5, 5.41) is 16.3. The minimum atomic E-state index is -1.20. The van der Waals surface area contributed by atoms with Crippen LogP contribution in [-0.2, 0) is 9.53 Å². The van der Waals surface area contributed by atoms with E-state index in [4.69, 9.17) is 0 Å². The van der Waals surface area contributed by atoms with E-state index in [0.29, 0.717) is 16.9 Å². The Bertz CT molecular complexity index is 1030. The lowest BCUT2D eigenvalue weighted by atomic mass is 10.1. The lowest BCUT2D eigenvalue weighted by Crippen LogP contribution is -2.44. The van der Waals surface area contributed by atoms with Crippen molar-refractivity contribution in [3.63, 3.8) is 0 Å². The van der Waals surface area contributed by atoms with Gasteiger partial charge in [-0.25, -0.2) is 13.9 Å². The average molecular weight is 397 g/mol. The van der Waals surface area contributed by atoms with Crippen LogP contribution in [0.5, 0.6) is 0 Å². The number of nitrogens with zero attached hydrogens (tertiary/aromatic N) is 2. The van der Waals surface area contributed by atoms with Crippen LogP contribution in [0.15, 0.2) is 54.7 Å². The van der Waals surface area contributed by atoms with Crippen molar-refractivity contribution in [2.75, 3.05) is 13.7 Å². The van der Waals surface area contributed by atoms with Gasteiger partial charge in [0.05, 0.1) is 25.0 Å². The Morgan fingerprint density at radius 1 is 1.24 bits per heavy atom. The van der Waals surface area contributed by atoms with Gasteiger partial charge in [0.1, 0.15) is 11.5 Å². The van der Waals surface area contributed by atoms with Crippen molar-refractivity contribution in [1.82, 2.24) is 15.1 Å². The summed E-state index contributed by atoms with van der Waals surface area (Å²) in [7, 11) is 1.17. The zero-order chi connectivity index (χ0) is 21.0. The molecule has 8 heteroatoms. The summed E-state index contributed by atoms with van der Waals surface area (Å²) in [5.74, 6) is -1.75. The van der Waals surface area contributed by atoms with Crippen LogP contribution in [0.4, 0.5) is 4.39 Å². The third kappa shape index (κ3) is 4.49. The molecule has 7 nitrogen and oxygen atoms in total. The van der Waals surface area contributed by atoms with Crippen molar-refractivity contribution in [2.45, 2.75) is 13.0 Å². The number of nitrogens with one attached hydrogen (secondary N) is 1. The molecule has 0 aliphatic heterocycles. The molecule has 1 heterocycles. The summed E-state index contributed by atoms with van der Waals surface area (Å²) in [6, 6.07) is 11.9. The molecule has 29 heavy (non-hydrogen) atoms. The van der Waals surface area contributed by atoms with Gasteiger partial charge in [0, 0.05) is 11.8 Å². The van der Waals surface area contributed by atoms with Crippen molar-refractivity contribution < 1.29 is 23.8 Å². The molecule has 1 amide bonds. The third-order valence-corrected chi connectivity index (χ3v) is 4.32. The molecule has 1 atom stereocenters. The van der Waals surface area contributed by atoms with Gasteiger partial charge < -0.3 is 15.2 Å². The largest absolute Gasteiger partial charge is 0.467 e. The van der Waals surface area contributed by atoms with Gasteiger partial charge in [0.15, 0.2) is 6.04 Å². The molecule has 0 aliphatic rings. The zero-order valence-electron chi connectivity index (χ0n) is 15.9. The predicted molar refractivity (Wildman–Crippen MR) is 104 cm³/mol. The number of carbonyl (C=O) groups is 2. The molecule has 0 saturated heterocycles. The number of hydrogen-bond acceptors (Lipinski definition) is 5. The fourth-order valence-corrected chi connectivity index (χ4v) is 2.83. The monoisotopic (exact) mass is 397 g/mol. The van der Waals surface area contributed by atoms with Crippen molar-refractivity contribution in [3.8, 4) is 16.9 Å². The highest BCUT2D eigenvalue weighted by atomic mass is 19.1. The molecular formula is C21H20FN3O4. The molecule has 0 fully saturated rings. The highest BCUT2D eigenvalue weighted by Gasteiger charge is 2.25. The van der Waals surface area contributed by atoms with Crippen LogP contribution in [0.2, 0.25) is 0 Å². The number of esters is 1. The molecule has 3 aromatic rings. The van der Waals surface area contributed by atoms with Crippen LogP contribution in [0.25, 0.3) is 16.9 Å². The lowest BCUT2D eigenvalue weighted by Gasteiger charge is -2.13. The molecule has 0 aliphatic carbocycles. The van der Waals surface area contributed by atoms with Crippen LogP contribution in [0, 0.1) is 12.7 Å². The Balaban J connectivity index is 2.05. The lowest BCUT2D eigenvalue weighted by molar-refractivity contribution is -0.143. The summed E-state index contributed by atoms with van der Waals surface area (Å²) in [6.07, 6.45) is 1.49. The van der Waals surface area contributed by atoms with Gasteiger partial charge in [0.25, 0.3) is 5.91 Å². The second kappa shape index (κ2) is 8.66. The summed E-state index contributed by atoms with van der Waals surface area (Å²) in [5.41, 5.74) is 2.83. The minimum Gasteiger partial charge on any atom is -0.467 e. The first-order valence-corrected chi connectivity index (χ1v) is 8.85. The third-order valence-electron chi connectivity index (χ3n) is 4.32. The number of hydrogen-bond donors (Lipinski definition) is 2. The van der Waals surface area contributed by atoms with Crippen LogP contribution in [-0.4, -0.2) is 46.5 Å². The second-order valence-electron chi connectivity index (χ2n) is 6.41. The fourth-order valence-electron chi connectivity index (χ4n) is 2.83. The SMILES string of the molecule is COC(=O)[C@H](CO)NC(=O)c1cn(-c2ccc(F)cc2)nc1-c1cccc(C)c1. The molecule has 0 bridgehead atoms. The van der Waals surface area contributed by atoms with Crippen LogP contribution >= 0.6 is 0 Å². The molecule has 2 aromatic carbocycles. The van der Waals surface area contributed by atoms with E-state index < -0.39 is 24.5 Å². The van der Waals surface area contributed by atoms with E-state index in [1.165, 1.54) is 42.3 Å². The number of benzene rings is 2. The summed E-state index contributed by atoms with van der Waals surface area (Å²) in [4.78, 5) is 24.6. The summed E-state index contributed by atoms with van der Waals surface area (Å²) < 4.78 is 19.3. The van der Waals surface area contributed by atoms with E-state index in [9.17, 15) is 19.1 Å². The Hall–Kier alpha value is -3.52. The number of carbonyl (C=O) groups excluding carboxylic acids is 2. The van der Waals surface area contributed by atoms with Crippen LogP contribution in [0.1, 0.15) is 15.9 Å². The zero-order valence-corrected chi connectivity index (χ0v) is 15.9. The van der Waals surface area contributed by atoms with Gasteiger partial charge in [-0.2, -0.15) is 5.10 Å². The molecule has 0 saturated carbocycles. The molecule has 2 N–H and O–H groups in total. The smallest absolute Gasteiger partial charge is 0.330 e.